The van der Waals surface area contributed by atoms with E-state index >= 15 is 0 Å². The van der Waals surface area contributed by atoms with Crippen LogP contribution in [0.4, 0.5) is 4.79 Å². The highest BCUT2D eigenvalue weighted by atomic mass is 127. The Hall–Kier alpha value is -7.75. The zero-order valence-corrected chi connectivity index (χ0v) is 52.4. The van der Waals surface area contributed by atoms with E-state index in [2.05, 4.69) is 37.2 Å². The lowest BCUT2D eigenvalue weighted by atomic mass is 10.0. The van der Waals surface area contributed by atoms with Crippen LogP contribution in [0.2, 0.25) is 0 Å². The Balaban J connectivity index is 1.49. The van der Waals surface area contributed by atoms with E-state index in [9.17, 15) is 93.3 Å². The third-order valence-electron chi connectivity index (χ3n) is 14.8. The molecule has 0 radical (unpaired) electrons. The molecule has 90 heavy (non-hydrogen) atoms. The van der Waals surface area contributed by atoms with Crippen molar-refractivity contribution < 1.29 is 98.4 Å². The third kappa shape index (κ3) is 32.6. The normalized spacial score (nSPS) is 15.1. The second-order valence-electron chi connectivity index (χ2n) is 22.0. The molecule has 0 aliphatic carbocycles. The van der Waals surface area contributed by atoms with Gasteiger partial charge in [0.05, 0.1) is 16.7 Å². The van der Waals surface area contributed by atoms with E-state index in [0.717, 1.165) is 5.56 Å². The Morgan fingerprint density at radius 2 is 0.989 bits per heavy atom. The van der Waals surface area contributed by atoms with Gasteiger partial charge in [-0.25, -0.2) is 14.4 Å². The average molecular weight is 1380 g/mol. The van der Waals surface area contributed by atoms with Crippen LogP contribution >= 0.6 is 22.6 Å². The lowest BCUT2D eigenvalue weighted by Gasteiger charge is -2.30. The molecule has 3 rings (SSSR count). The Morgan fingerprint density at radius 3 is 1.49 bits per heavy atom. The van der Waals surface area contributed by atoms with E-state index in [4.69, 9.17) is 5.11 Å². The SMILES string of the molecule is O=C(O)CCC(NC(=O)N[C@@H](CCCCNC(=O)CCCCCCC(=O)NCCCCC(NCC(Cc1ccccc1)NC(=O)C(Cc1ccc(O)c(I)c1)NC(=O)CC[C@H](C(=O)O)N1CCN(CC(=O)O)CCN(CC(=O)O)CC1)C(=O)O)C(=O)O)C(=O)O. The molecule has 0 saturated carbocycles. The number of urea groups is 1. The summed E-state index contributed by atoms with van der Waals surface area (Å²) in [7, 11) is 0. The molecule has 500 valence electrons. The van der Waals surface area contributed by atoms with Crippen molar-refractivity contribution in [1.29, 1.82) is 0 Å². The van der Waals surface area contributed by atoms with Crippen molar-refractivity contribution in [2.75, 3.05) is 72.0 Å². The second-order valence-corrected chi connectivity index (χ2v) is 23.2. The third-order valence-corrected chi connectivity index (χ3v) is 15.7. The summed E-state index contributed by atoms with van der Waals surface area (Å²) in [5, 5.41) is 96.0. The molecule has 0 bridgehead atoms. The standard InChI is InChI=1S/C59H87IN10O20/c60-41-33-39(18-21-47(41)71)34-45(65-50(74)22-20-46(58(88)89)70-30-28-68(36-52(77)78)26-27-69(29-31-70)37-53(79)80)54(81)64-40(32-38-12-4-3-5-13-38)35-63-42(55(82)83)14-8-10-24-61-48(72)16-6-1-2-7-17-49(73)62-25-11-9-15-43(56(84)85)66-59(90)67-44(57(86)87)19-23-51(75)76/h3-5,12-13,18,21,33,40,42-46,63,71H,1-2,6-11,14-17,19-20,22-32,34-37H2,(H,61,72)(H,62,73)(H,64,81)(H,65,74)(H,75,76)(H,77,78)(H,79,80)(H,82,83)(H,84,85)(H,86,87)(H,88,89)(H2,66,67,90)/t40?,42?,43-,44?,45?,46+/m0/s1. The number of hydrogen-bond acceptors (Lipinski definition) is 17. The number of phenolic OH excluding ortho intramolecular Hbond substituents is 1. The summed E-state index contributed by atoms with van der Waals surface area (Å²) in [4.78, 5) is 152. The molecular formula is C59H87IN10O20. The lowest BCUT2D eigenvalue weighted by molar-refractivity contribution is -0.145. The molecule has 0 spiro atoms. The van der Waals surface area contributed by atoms with Crippen molar-refractivity contribution in [3.8, 4) is 5.75 Å². The fourth-order valence-electron chi connectivity index (χ4n) is 9.90. The van der Waals surface area contributed by atoms with Crippen LogP contribution in [-0.2, 0) is 65.6 Å². The Kier molecular flexibility index (Phi) is 35.9. The average Bonchev–Trinajstić information content (AvgIpc) is 2.50. The number of halogens is 1. The number of benzene rings is 2. The van der Waals surface area contributed by atoms with E-state index in [1.54, 1.807) is 26.8 Å². The summed E-state index contributed by atoms with van der Waals surface area (Å²) >= 11 is 1.93. The zero-order valence-electron chi connectivity index (χ0n) is 50.3. The number of carboxylic acid groups (broad SMARTS) is 7. The van der Waals surface area contributed by atoms with Crippen LogP contribution in [0.3, 0.4) is 0 Å². The topological polar surface area (TPSA) is 461 Å². The van der Waals surface area contributed by atoms with Crippen molar-refractivity contribution in [2.24, 2.45) is 0 Å². The highest BCUT2D eigenvalue weighted by Gasteiger charge is 2.32. The number of carbonyl (C=O) groups is 12. The van der Waals surface area contributed by atoms with Gasteiger partial charge in [0.2, 0.25) is 23.6 Å². The number of nitrogens with zero attached hydrogens (tertiary/aromatic N) is 3. The van der Waals surface area contributed by atoms with Gasteiger partial charge in [-0.3, -0.25) is 57.9 Å². The Morgan fingerprint density at radius 1 is 0.467 bits per heavy atom. The minimum Gasteiger partial charge on any atom is -0.507 e. The number of aromatic hydroxyl groups is 1. The van der Waals surface area contributed by atoms with Gasteiger partial charge in [-0.1, -0.05) is 49.2 Å². The minimum atomic E-state index is -1.53. The van der Waals surface area contributed by atoms with Crippen LogP contribution in [0, 0.1) is 3.57 Å². The van der Waals surface area contributed by atoms with Gasteiger partial charge in [0.25, 0.3) is 0 Å². The molecule has 30 nitrogen and oxygen atoms in total. The predicted octanol–water partition coefficient (Wildman–Crippen LogP) is 1.10. The summed E-state index contributed by atoms with van der Waals surface area (Å²) in [6.45, 7) is 0.868. The fraction of sp³-hybridized carbons (Fsp3) is 0.593. The van der Waals surface area contributed by atoms with Crippen LogP contribution in [0.15, 0.2) is 48.5 Å². The van der Waals surface area contributed by atoms with Gasteiger partial charge in [-0.15, -0.1) is 0 Å². The first kappa shape index (κ1) is 76.5. The lowest BCUT2D eigenvalue weighted by Crippen LogP contribution is -2.54. The molecule has 2 aromatic rings. The molecular weight excluding hydrogens is 1300 g/mol. The van der Waals surface area contributed by atoms with Gasteiger partial charge in [-0.2, -0.15) is 0 Å². The highest BCUT2D eigenvalue weighted by molar-refractivity contribution is 14.1. The molecule has 6 atom stereocenters. The van der Waals surface area contributed by atoms with Crippen LogP contribution in [-0.4, -0.2) is 235 Å². The molecule has 31 heteroatoms. The number of carboxylic acids is 7. The van der Waals surface area contributed by atoms with E-state index < -0.39 is 109 Å². The van der Waals surface area contributed by atoms with Crippen LogP contribution in [0.1, 0.15) is 114 Å². The summed E-state index contributed by atoms with van der Waals surface area (Å²) in [6, 6.07) is 5.62. The predicted molar refractivity (Wildman–Crippen MR) is 331 cm³/mol. The van der Waals surface area contributed by atoms with E-state index in [0.29, 0.717) is 67.0 Å². The molecule has 15 N–H and O–H groups in total. The molecule has 1 fully saturated rings. The molecule has 4 unspecified atom stereocenters. The molecule has 1 heterocycles. The number of carbonyl (C=O) groups excluding carboxylic acids is 5. The number of unbranched alkanes of at least 4 members (excludes halogenated alkanes) is 5. The maximum absolute atomic E-state index is 14.4. The minimum absolute atomic E-state index is 0.00193. The number of phenols is 1. The molecule has 1 saturated heterocycles. The smallest absolute Gasteiger partial charge is 0.326 e. The van der Waals surface area contributed by atoms with Crippen LogP contribution in [0.25, 0.3) is 0 Å². The quantitative estimate of drug-likeness (QED) is 0.0326. The first-order valence-electron chi connectivity index (χ1n) is 30.0. The Bertz CT molecular complexity index is 2670. The fourth-order valence-corrected chi connectivity index (χ4v) is 10.5. The van der Waals surface area contributed by atoms with Crippen LogP contribution < -0.4 is 37.2 Å². The van der Waals surface area contributed by atoms with E-state index in [1.165, 1.54) is 6.07 Å². The van der Waals surface area contributed by atoms with Gasteiger partial charge in [0, 0.05) is 97.0 Å². The van der Waals surface area contributed by atoms with Gasteiger partial charge in [0.1, 0.15) is 36.0 Å². The number of hydrogen-bond donors (Lipinski definition) is 15. The monoisotopic (exact) mass is 1380 g/mol. The highest BCUT2D eigenvalue weighted by Crippen LogP contribution is 2.22. The van der Waals surface area contributed by atoms with Crippen LogP contribution in [0.5, 0.6) is 5.75 Å². The van der Waals surface area contributed by atoms with E-state index in [-0.39, 0.29) is 134 Å². The summed E-state index contributed by atoms with van der Waals surface area (Å²) < 4.78 is 0.480. The van der Waals surface area contributed by atoms with Crippen molar-refractivity contribution >= 4 is 94.0 Å². The number of nitrogens with one attached hydrogen (secondary N) is 7. The van der Waals surface area contributed by atoms with Gasteiger partial charge < -0.3 is 78.1 Å². The first-order valence-corrected chi connectivity index (χ1v) is 31.1. The zero-order chi connectivity index (χ0) is 66.5. The van der Waals surface area contributed by atoms with Gasteiger partial charge in [0.15, 0.2) is 0 Å². The molecule has 1 aliphatic heterocycles. The van der Waals surface area contributed by atoms with Crippen molar-refractivity contribution in [2.45, 2.75) is 152 Å². The van der Waals surface area contributed by atoms with Crippen molar-refractivity contribution in [1.82, 2.24) is 51.9 Å². The maximum atomic E-state index is 14.4. The number of rotatable bonds is 44. The van der Waals surface area contributed by atoms with Crippen molar-refractivity contribution in [3.05, 3.63) is 63.2 Å². The summed E-state index contributed by atoms with van der Waals surface area (Å²) in [6.07, 6.45) is 3.46. The molecule has 0 aromatic heterocycles. The Labute approximate surface area is 534 Å². The van der Waals surface area contributed by atoms with Gasteiger partial charge >= 0.3 is 47.8 Å². The number of amides is 6. The first-order chi connectivity index (χ1) is 42.8. The maximum Gasteiger partial charge on any atom is 0.326 e. The molecule has 1 aliphatic rings. The number of aliphatic carboxylic acids is 7. The van der Waals surface area contributed by atoms with E-state index in [1.807, 2.05) is 52.9 Å². The molecule has 6 amide bonds. The summed E-state index contributed by atoms with van der Waals surface area (Å²) in [5.41, 5.74) is 1.39. The molecule has 2 aromatic carbocycles. The van der Waals surface area contributed by atoms with Crippen molar-refractivity contribution in [3.63, 3.8) is 0 Å². The van der Waals surface area contributed by atoms with Gasteiger partial charge in [-0.05, 0) is 116 Å². The second kappa shape index (κ2) is 42.3. The summed E-state index contributed by atoms with van der Waals surface area (Å²) in [5.74, 6) is -10.4. The largest absolute Gasteiger partial charge is 0.507 e.